The van der Waals surface area contributed by atoms with Gasteiger partial charge in [-0.05, 0) is 0 Å². The molecule has 0 aliphatic carbocycles. The standard InChI is InChI=1S/C7H4N3Se/c1-8-7(5-11)6-4-9-2-3-10-6/h2-5H/b7-5-. The molecule has 0 N–H and O–H groups in total. The van der Waals surface area contributed by atoms with Crippen LogP contribution < -0.4 is 0 Å². The Morgan fingerprint density at radius 1 is 1.64 bits per heavy atom. The van der Waals surface area contributed by atoms with Gasteiger partial charge in [0.15, 0.2) is 0 Å². The summed E-state index contributed by atoms with van der Waals surface area (Å²) in [6, 6.07) is 0. The van der Waals surface area contributed by atoms with Crippen LogP contribution >= 0.6 is 0 Å². The predicted octanol–water partition coefficient (Wildman–Crippen LogP) is 0.863. The van der Waals surface area contributed by atoms with Gasteiger partial charge >= 0.3 is 72.4 Å². The first kappa shape index (κ1) is 7.93. The fourth-order valence-electron chi connectivity index (χ4n) is 0.575. The summed E-state index contributed by atoms with van der Waals surface area (Å²) in [5.74, 6) is 0. The fourth-order valence-corrected chi connectivity index (χ4v) is 0.939. The third-order valence-corrected chi connectivity index (χ3v) is 1.53. The van der Waals surface area contributed by atoms with Gasteiger partial charge in [-0.25, -0.2) is 0 Å². The van der Waals surface area contributed by atoms with E-state index in [-0.39, 0.29) is 0 Å². The Morgan fingerprint density at radius 2 is 2.45 bits per heavy atom. The molecule has 0 spiro atoms. The van der Waals surface area contributed by atoms with Gasteiger partial charge in [-0.2, -0.15) is 0 Å². The van der Waals surface area contributed by atoms with Crippen molar-refractivity contribution in [2.45, 2.75) is 0 Å². The van der Waals surface area contributed by atoms with Gasteiger partial charge in [0.05, 0.1) is 0 Å². The summed E-state index contributed by atoms with van der Waals surface area (Å²) in [6.07, 6.45) is 4.69. The van der Waals surface area contributed by atoms with E-state index in [0.717, 1.165) is 0 Å². The van der Waals surface area contributed by atoms with E-state index in [4.69, 9.17) is 6.57 Å². The van der Waals surface area contributed by atoms with E-state index in [1.807, 2.05) is 0 Å². The van der Waals surface area contributed by atoms with E-state index in [9.17, 15) is 0 Å². The van der Waals surface area contributed by atoms with Gasteiger partial charge in [0.2, 0.25) is 0 Å². The molecular weight excluding hydrogens is 205 g/mol. The van der Waals surface area contributed by atoms with Crippen molar-refractivity contribution in [2.24, 2.45) is 0 Å². The van der Waals surface area contributed by atoms with Crippen molar-refractivity contribution in [1.82, 2.24) is 9.97 Å². The van der Waals surface area contributed by atoms with Crippen molar-refractivity contribution in [3.05, 3.63) is 40.7 Å². The van der Waals surface area contributed by atoms with E-state index in [0.29, 0.717) is 11.4 Å². The van der Waals surface area contributed by atoms with Crippen LogP contribution in [0.5, 0.6) is 0 Å². The van der Waals surface area contributed by atoms with Crippen molar-refractivity contribution < 1.29 is 0 Å². The number of hydrogen-bond acceptors (Lipinski definition) is 2. The molecule has 53 valence electrons. The summed E-state index contributed by atoms with van der Waals surface area (Å²) in [5, 5.41) is 0. The zero-order valence-corrected chi connectivity index (χ0v) is 7.27. The Bertz CT molecular complexity index is 299. The van der Waals surface area contributed by atoms with Gasteiger partial charge in [-0.3, -0.25) is 0 Å². The van der Waals surface area contributed by atoms with Crippen LogP contribution in [0.1, 0.15) is 5.69 Å². The minimum atomic E-state index is 0.484. The third-order valence-electron chi connectivity index (χ3n) is 1.06. The molecule has 4 heteroatoms. The van der Waals surface area contributed by atoms with Gasteiger partial charge in [-0.1, -0.05) is 0 Å². The molecule has 11 heavy (non-hydrogen) atoms. The molecule has 0 atom stereocenters. The maximum atomic E-state index is 6.77. The van der Waals surface area contributed by atoms with Crippen LogP contribution in [-0.4, -0.2) is 26.0 Å². The van der Waals surface area contributed by atoms with Gasteiger partial charge < -0.3 is 0 Å². The summed E-state index contributed by atoms with van der Waals surface area (Å²) >= 11 is 2.65. The van der Waals surface area contributed by atoms with Crippen LogP contribution in [-0.2, 0) is 0 Å². The molecule has 1 heterocycles. The van der Waals surface area contributed by atoms with Crippen LogP contribution in [0.25, 0.3) is 10.5 Å². The Labute approximate surface area is 72.8 Å². The zero-order valence-electron chi connectivity index (χ0n) is 5.56. The second kappa shape index (κ2) is 3.87. The van der Waals surface area contributed by atoms with E-state index in [1.165, 1.54) is 0 Å². The summed E-state index contributed by atoms with van der Waals surface area (Å²) in [7, 11) is 0. The molecule has 1 aromatic rings. The van der Waals surface area contributed by atoms with Gasteiger partial charge in [0.1, 0.15) is 0 Å². The SMILES string of the molecule is [C-]#[N+]/C(=C\[Se])c1cnccn1. The topological polar surface area (TPSA) is 30.1 Å². The quantitative estimate of drug-likeness (QED) is 0.507. The van der Waals surface area contributed by atoms with Crippen LogP contribution in [0.3, 0.4) is 0 Å². The van der Waals surface area contributed by atoms with E-state index in [2.05, 4.69) is 30.8 Å². The van der Waals surface area contributed by atoms with Gasteiger partial charge in [-0.15, -0.1) is 0 Å². The molecule has 1 aromatic heterocycles. The molecule has 0 saturated heterocycles. The Morgan fingerprint density at radius 3 is 2.91 bits per heavy atom. The minimum absolute atomic E-state index is 0.484. The number of aromatic nitrogens is 2. The first-order chi connectivity index (χ1) is 5.38. The summed E-state index contributed by atoms with van der Waals surface area (Å²) in [4.78, 5) is 12.6. The number of nitrogens with zero attached hydrogens (tertiary/aromatic N) is 3. The van der Waals surface area contributed by atoms with Gasteiger partial charge in [0, 0.05) is 0 Å². The summed E-state index contributed by atoms with van der Waals surface area (Å²) in [6.45, 7) is 6.77. The molecule has 3 nitrogen and oxygen atoms in total. The number of rotatable bonds is 1. The molecular formula is C7H4N3Se. The average molecular weight is 209 g/mol. The fraction of sp³-hybridized carbons (Fsp3) is 0. The number of hydrogen-bond donors (Lipinski definition) is 0. The van der Waals surface area contributed by atoms with Crippen LogP contribution in [0.2, 0.25) is 0 Å². The third kappa shape index (κ3) is 1.87. The second-order valence-electron chi connectivity index (χ2n) is 1.71. The van der Waals surface area contributed by atoms with Crippen LogP contribution in [0, 0.1) is 6.57 Å². The second-order valence-corrected chi connectivity index (χ2v) is 2.20. The van der Waals surface area contributed by atoms with Gasteiger partial charge in [0.25, 0.3) is 0 Å². The molecule has 0 unspecified atom stereocenters. The molecule has 0 saturated carbocycles. The average Bonchev–Trinajstić information content (AvgIpc) is 2.09. The molecule has 0 bridgehead atoms. The molecule has 0 aromatic carbocycles. The normalized spacial score (nSPS) is 10.6. The Balaban J connectivity index is 3.05. The first-order valence-corrected chi connectivity index (χ1v) is 3.83. The molecule has 0 aliphatic rings. The molecule has 0 amide bonds. The van der Waals surface area contributed by atoms with E-state index >= 15 is 0 Å². The predicted molar refractivity (Wildman–Crippen MR) is 42.4 cm³/mol. The van der Waals surface area contributed by atoms with Crippen molar-refractivity contribution in [3.8, 4) is 0 Å². The molecule has 1 rings (SSSR count). The van der Waals surface area contributed by atoms with Crippen molar-refractivity contribution in [3.63, 3.8) is 0 Å². The van der Waals surface area contributed by atoms with Crippen LogP contribution in [0.15, 0.2) is 23.6 Å². The molecule has 1 radical (unpaired) electrons. The van der Waals surface area contributed by atoms with Crippen molar-refractivity contribution >= 4 is 21.7 Å². The maximum absolute atomic E-state index is 6.77. The monoisotopic (exact) mass is 210 g/mol. The molecule has 0 aliphatic heterocycles. The van der Waals surface area contributed by atoms with Crippen molar-refractivity contribution in [2.75, 3.05) is 0 Å². The van der Waals surface area contributed by atoms with Crippen molar-refractivity contribution in [1.29, 1.82) is 0 Å². The Kier molecular flexibility index (Phi) is 2.79. The molecule has 0 fully saturated rings. The van der Waals surface area contributed by atoms with Crippen LogP contribution in [0.4, 0.5) is 0 Å². The zero-order chi connectivity index (χ0) is 8.10. The Hall–Kier alpha value is -1.17. The summed E-state index contributed by atoms with van der Waals surface area (Å²) < 4.78 is 0. The first-order valence-electron chi connectivity index (χ1n) is 2.84. The van der Waals surface area contributed by atoms with E-state index in [1.54, 1.807) is 23.6 Å². The summed E-state index contributed by atoms with van der Waals surface area (Å²) in [5.41, 5.74) is 1.08. The van der Waals surface area contributed by atoms with E-state index < -0.39 is 0 Å².